The van der Waals surface area contributed by atoms with Crippen molar-refractivity contribution in [3.8, 4) is 0 Å². The smallest absolute Gasteiger partial charge is 0.256 e. The van der Waals surface area contributed by atoms with Crippen LogP contribution in [0.1, 0.15) is 61.9 Å². The molecule has 178 valence electrons. The molecule has 5 nitrogen and oxygen atoms in total. The average Bonchev–Trinajstić information content (AvgIpc) is 2.81. The van der Waals surface area contributed by atoms with Crippen LogP contribution in [0, 0.1) is 11.3 Å². The van der Waals surface area contributed by atoms with Crippen molar-refractivity contribution < 1.29 is 9.59 Å². The Hall–Kier alpha value is -1.89. The van der Waals surface area contributed by atoms with Gasteiger partial charge in [-0.1, -0.05) is 56.8 Å². The lowest BCUT2D eigenvalue weighted by atomic mass is 9.86. The first-order chi connectivity index (χ1) is 15.7. The third-order valence-electron chi connectivity index (χ3n) is 6.22. The standard InChI is InChI=1S/C26H33BrClN3O2/c1-26(2,16-29)17-31(25(33)18-8-4-3-5-9-18)15-19-14-20(12-13-23(19)28)30-24(32)21-10-6-7-11-22(21)27/h6-7,10-14,18H,3-5,8-9,15-17,29H2,1-2H3,(H,30,32). The largest absolute Gasteiger partial charge is 0.337 e. The predicted molar refractivity (Wildman–Crippen MR) is 138 cm³/mol. The molecule has 1 fully saturated rings. The highest BCUT2D eigenvalue weighted by atomic mass is 79.9. The summed E-state index contributed by atoms with van der Waals surface area (Å²) in [6.45, 7) is 5.57. The van der Waals surface area contributed by atoms with Crippen molar-refractivity contribution in [3.05, 3.63) is 63.1 Å². The van der Waals surface area contributed by atoms with Gasteiger partial charge in [-0.05, 0) is 76.6 Å². The number of hydrogen-bond donors (Lipinski definition) is 2. The topological polar surface area (TPSA) is 75.4 Å². The van der Waals surface area contributed by atoms with Gasteiger partial charge < -0.3 is 16.0 Å². The molecule has 7 heteroatoms. The number of carbonyl (C=O) groups excluding carboxylic acids is 2. The van der Waals surface area contributed by atoms with Crippen LogP contribution in [0.4, 0.5) is 5.69 Å². The second-order valence-corrected chi connectivity index (χ2v) is 10.9. The zero-order chi connectivity index (χ0) is 24.0. The first-order valence-corrected chi connectivity index (χ1v) is 12.7. The Morgan fingerprint density at radius 2 is 1.85 bits per heavy atom. The third-order valence-corrected chi connectivity index (χ3v) is 7.28. The minimum Gasteiger partial charge on any atom is -0.337 e. The van der Waals surface area contributed by atoms with E-state index in [1.807, 2.05) is 29.2 Å². The number of amides is 2. The van der Waals surface area contributed by atoms with E-state index in [1.54, 1.807) is 18.2 Å². The number of nitrogens with two attached hydrogens (primary N) is 1. The molecule has 0 aliphatic heterocycles. The molecule has 1 saturated carbocycles. The summed E-state index contributed by atoms with van der Waals surface area (Å²) in [4.78, 5) is 28.1. The van der Waals surface area contributed by atoms with Gasteiger partial charge >= 0.3 is 0 Å². The maximum absolute atomic E-state index is 13.5. The van der Waals surface area contributed by atoms with Gasteiger partial charge in [0.25, 0.3) is 5.91 Å². The molecule has 0 radical (unpaired) electrons. The van der Waals surface area contributed by atoms with Crippen molar-refractivity contribution in [1.82, 2.24) is 4.90 Å². The van der Waals surface area contributed by atoms with E-state index in [0.29, 0.717) is 35.9 Å². The van der Waals surface area contributed by atoms with E-state index in [0.717, 1.165) is 35.7 Å². The van der Waals surface area contributed by atoms with Crippen molar-refractivity contribution >= 4 is 45.0 Å². The lowest BCUT2D eigenvalue weighted by Crippen LogP contribution is -2.44. The summed E-state index contributed by atoms with van der Waals surface area (Å²) in [5, 5.41) is 3.51. The Bertz CT molecular complexity index is 989. The number of halogens is 2. The van der Waals surface area contributed by atoms with Crippen molar-refractivity contribution in [1.29, 1.82) is 0 Å². The Morgan fingerprint density at radius 3 is 2.52 bits per heavy atom. The molecule has 0 spiro atoms. The summed E-state index contributed by atoms with van der Waals surface area (Å²) in [6.07, 6.45) is 5.27. The van der Waals surface area contributed by atoms with Crippen molar-refractivity contribution in [3.63, 3.8) is 0 Å². The van der Waals surface area contributed by atoms with Gasteiger partial charge in [-0.2, -0.15) is 0 Å². The molecule has 0 saturated heterocycles. The fourth-order valence-electron chi connectivity index (χ4n) is 4.22. The number of rotatable bonds is 8. The highest BCUT2D eigenvalue weighted by Gasteiger charge is 2.30. The Labute approximate surface area is 210 Å². The monoisotopic (exact) mass is 533 g/mol. The van der Waals surface area contributed by atoms with E-state index in [2.05, 4.69) is 35.1 Å². The molecular weight excluding hydrogens is 502 g/mol. The molecule has 2 amide bonds. The lowest BCUT2D eigenvalue weighted by molar-refractivity contribution is -0.138. The van der Waals surface area contributed by atoms with E-state index in [1.165, 1.54) is 6.42 Å². The first-order valence-electron chi connectivity index (χ1n) is 11.5. The van der Waals surface area contributed by atoms with Crippen LogP contribution in [0.25, 0.3) is 0 Å². The van der Waals surface area contributed by atoms with Gasteiger partial charge in [-0.3, -0.25) is 9.59 Å². The minimum atomic E-state index is -0.213. The summed E-state index contributed by atoms with van der Waals surface area (Å²) < 4.78 is 0.727. The van der Waals surface area contributed by atoms with E-state index in [4.69, 9.17) is 17.3 Å². The second-order valence-electron chi connectivity index (χ2n) is 9.64. The SMILES string of the molecule is CC(C)(CN)CN(Cc1cc(NC(=O)c2ccccc2Br)ccc1Cl)C(=O)C1CCCCC1. The molecule has 1 aliphatic rings. The molecule has 0 bridgehead atoms. The molecule has 0 atom stereocenters. The van der Waals surface area contributed by atoms with E-state index in [-0.39, 0.29) is 23.1 Å². The summed E-state index contributed by atoms with van der Waals surface area (Å²) in [7, 11) is 0. The van der Waals surface area contributed by atoms with Crippen LogP contribution in [0.15, 0.2) is 46.9 Å². The predicted octanol–water partition coefficient (Wildman–Crippen LogP) is 6.25. The average molecular weight is 535 g/mol. The Kier molecular flexibility index (Phi) is 8.96. The Balaban J connectivity index is 1.82. The zero-order valence-electron chi connectivity index (χ0n) is 19.4. The normalized spacial score (nSPS) is 14.7. The first kappa shape index (κ1) is 25.7. The summed E-state index contributed by atoms with van der Waals surface area (Å²) in [5.74, 6) is 0.0227. The number of nitrogens with zero attached hydrogens (tertiary/aromatic N) is 1. The van der Waals surface area contributed by atoms with E-state index < -0.39 is 0 Å². The zero-order valence-corrected chi connectivity index (χ0v) is 21.7. The number of carbonyl (C=O) groups is 2. The van der Waals surface area contributed by atoms with Crippen LogP contribution in [-0.4, -0.2) is 29.8 Å². The quantitative estimate of drug-likeness (QED) is 0.420. The molecule has 0 unspecified atom stereocenters. The van der Waals surface area contributed by atoms with Crippen LogP contribution >= 0.6 is 27.5 Å². The number of anilines is 1. The maximum Gasteiger partial charge on any atom is 0.256 e. The lowest BCUT2D eigenvalue weighted by Gasteiger charge is -2.35. The van der Waals surface area contributed by atoms with Gasteiger partial charge in [-0.15, -0.1) is 0 Å². The van der Waals surface area contributed by atoms with Crippen LogP contribution in [0.5, 0.6) is 0 Å². The van der Waals surface area contributed by atoms with E-state index in [9.17, 15) is 9.59 Å². The molecule has 0 aromatic heterocycles. The second kappa shape index (κ2) is 11.5. The van der Waals surface area contributed by atoms with Gasteiger partial charge in [0.05, 0.1) is 5.56 Å². The molecule has 1 aliphatic carbocycles. The molecule has 2 aromatic carbocycles. The van der Waals surface area contributed by atoms with Crippen LogP contribution in [0.3, 0.4) is 0 Å². The Morgan fingerprint density at radius 1 is 1.15 bits per heavy atom. The molecule has 3 N–H and O–H groups in total. The maximum atomic E-state index is 13.5. The number of nitrogens with one attached hydrogen (secondary N) is 1. The summed E-state index contributed by atoms with van der Waals surface area (Å²) >= 11 is 9.95. The molecular formula is C26H33BrClN3O2. The highest BCUT2D eigenvalue weighted by molar-refractivity contribution is 9.10. The van der Waals surface area contributed by atoms with Gasteiger partial charge in [0, 0.05) is 34.2 Å². The fourth-order valence-corrected chi connectivity index (χ4v) is 4.87. The molecule has 33 heavy (non-hydrogen) atoms. The van der Waals surface area contributed by atoms with Gasteiger partial charge in [0.1, 0.15) is 0 Å². The third kappa shape index (κ3) is 7.05. The summed E-state index contributed by atoms with van der Waals surface area (Å²) in [5.41, 5.74) is 7.77. The van der Waals surface area contributed by atoms with Crippen molar-refractivity contribution in [2.24, 2.45) is 17.1 Å². The minimum absolute atomic E-state index is 0.0596. The highest BCUT2D eigenvalue weighted by Crippen LogP contribution is 2.30. The fraction of sp³-hybridized carbons (Fsp3) is 0.462. The van der Waals surface area contributed by atoms with Gasteiger partial charge in [0.15, 0.2) is 0 Å². The van der Waals surface area contributed by atoms with Gasteiger partial charge in [-0.25, -0.2) is 0 Å². The van der Waals surface area contributed by atoms with Crippen LogP contribution in [0.2, 0.25) is 5.02 Å². The van der Waals surface area contributed by atoms with Gasteiger partial charge in [0.2, 0.25) is 5.91 Å². The van der Waals surface area contributed by atoms with E-state index >= 15 is 0 Å². The van der Waals surface area contributed by atoms with Crippen LogP contribution < -0.4 is 11.1 Å². The summed E-state index contributed by atoms with van der Waals surface area (Å²) in [6, 6.07) is 12.7. The number of benzene rings is 2. The molecule has 3 rings (SSSR count). The molecule has 0 heterocycles. The van der Waals surface area contributed by atoms with Crippen LogP contribution in [-0.2, 0) is 11.3 Å². The van der Waals surface area contributed by atoms with Crippen molar-refractivity contribution in [2.45, 2.75) is 52.5 Å². The number of hydrogen-bond acceptors (Lipinski definition) is 3. The molecule has 2 aromatic rings. The van der Waals surface area contributed by atoms with Crippen molar-refractivity contribution in [2.75, 3.05) is 18.4 Å².